The van der Waals surface area contributed by atoms with Crippen molar-refractivity contribution in [1.29, 1.82) is 0 Å². The number of carbonyl (C=O) groups excluding carboxylic acids is 2. The molecule has 8 nitrogen and oxygen atoms in total. The minimum absolute atomic E-state index is 0.0620. The Labute approximate surface area is 192 Å². The quantitative estimate of drug-likeness (QED) is 0.595. The summed E-state index contributed by atoms with van der Waals surface area (Å²) in [4.78, 5) is 26.1. The van der Waals surface area contributed by atoms with Crippen molar-refractivity contribution in [1.82, 2.24) is 10.2 Å². The Morgan fingerprint density at radius 2 is 1.81 bits per heavy atom. The van der Waals surface area contributed by atoms with E-state index in [0.29, 0.717) is 5.56 Å². The average Bonchev–Trinajstić information content (AvgIpc) is 2.79. The second kappa shape index (κ2) is 11.1. The first-order valence-corrected chi connectivity index (χ1v) is 10.7. The van der Waals surface area contributed by atoms with Gasteiger partial charge in [-0.3, -0.25) is 14.5 Å². The number of nitrogens with two attached hydrogens (primary N) is 1. The summed E-state index contributed by atoms with van der Waals surface area (Å²) in [5.41, 5.74) is 6.62. The van der Waals surface area contributed by atoms with Crippen LogP contribution in [0.4, 0.5) is 0 Å². The smallest absolute Gasteiger partial charge is 0.255 e. The molecule has 9 heteroatoms. The number of rotatable bonds is 9. The third-order valence-electron chi connectivity index (χ3n) is 5.36. The summed E-state index contributed by atoms with van der Waals surface area (Å²) >= 11 is 6.25. The van der Waals surface area contributed by atoms with Crippen LogP contribution in [0.25, 0.3) is 0 Å². The van der Waals surface area contributed by atoms with Crippen molar-refractivity contribution < 1.29 is 23.8 Å². The zero-order valence-electron chi connectivity index (χ0n) is 18.2. The second-order valence-corrected chi connectivity index (χ2v) is 7.99. The van der Waals surface area contributed by atoms with Crippen LogP contribution in [-0.2, 0) is 11.3 Å². The van der Waals surface area contributed by atoms with E-state index in [1.54, 1.807) is 7.11 Å². The number of piperidine rings is 1. The highest BCUT2D eigenvalue weighted by molar-refractivity contribution is 6.32. The van der Waals surface area contributed by atoms with Crippen molar-refractivity contribution in [2.24, 2.45) is 5.73 Å². The molecule has 0 aromatic heterocycles. The van der Waals surface area contributed by atoms with Gasteiger partial charge in [0.15, 0.2) is 18.1 Å². The predicted octanol–water partition coefficient (Wildman–Crippen LogP) is 2.62. The zero-order chi connectivity index (χ0) is 23.1. The maximum absolute atomic E-state index is 12.8. The number of nitrogens with one attached hydrogen (secondary N) is 1. The number of carbonyl (C=O) groups is 2. The van der Waals surface area contributed by atoms with Crippen LogP contribution in [-0.4, -0.2) is 56.7 Å². The SMILES string of the molecule is COc1ccccc1CN1CCC(NC(=O)c2cc(Cl)c(OCC(N)=O)c(OC)c2)CC1. The summed E-state index contributed by atoms with van der Waals surface area (Å²) in [6.07, 6.45) is 1.68. The molecule has 0 radical (unpaired) electrons. The van der Waals surface area contributed by atoms with E-state index in [4.69, 9.17) is 31.5 Å². The fourth-order valence-electron chi connectivity index (χ4n) is 3.71. The first kappa shape index (κ1) is 23.7. The molecule has 1 aliphatic heterocycles. The number of halogens is 1. The molecule has 3 rings (SSSR count). The minimum atomic E-state index is -0.637. The molecule has 0 spiro atoms. The molecule has 172 valence electrons. The lowest BCUT2D eigenvalue weighted by Gasteiger charge is -2.32. The van der Waals surface area contributed by atoms with Crippen LogP contribution < -0.4 is 25.3 Å². The fourth-order valence-corrected chi connectivity index (χ4v) is 3.98. The molecular weight excluding hydrogens is 434 g/mol. The Kier molecular flexibility index (Phi) is 8.19. The lowest BCUT2D eigenvalue weighted by atomic mass is 10.0. The molecule has 3 N–H and O–H groups in total. The summed E-state index contributed by atoms with van der Waals surface area (Å²) in [6.45, 7) is 2.21. The van der Waals surface area contributed by atoms with Crippen LogP contribution in [0.3, 0.4) is 0 Å². The third-order valence-corrected chi connectivity index (χ3v) is 5.64. The molecule has 32 heavy (non-hydrogen) atoms. The molecule has 2 aromatic carbocycles. The summed E-state index contributed by atoms with van der Waals surface area (Å²) < 4.78 is 16.0. The van der Waals surface area contributed by atoms with E-state index in [-0.39, 0.29) is 35.1 Å². The first-order chi connectivity index (χ1) is 15.4. The highest BCUT2D eigenvalue weighted by Crippen LogP contribution is 2.36. The first-order valence-electron chi connectivity index (χ1n) is 10.3. The number of hydrogen-bond donors (Lipinski definition) is 2. The van der Waals surface area contributed by atoms with Gasteiger partial charge in [-0.2, -0.15) is 0 Å². The van der Waals surface area contributed by atoms with E-state index >= 15 is 0 Å². The van der Waals surface area contributed by atoms with Crippen molar-refractivity contribution in [2.45, 2.75) is 25.4 Å². The summed E-state index contributed by atoms with van der Waals surface area (Å²) in [5.74, 6) is 0.443. The number of benzene rings is 2. The highest BCUT2D eigenvalue weighted by Gasteiger charge is 2.23. The van der Waals surface area contributed by atoms with Gasteiger partial charge in [-0.15, -0.1) is 0 Å². The third kappa shape index (κ3) is 6.05. The van der Waals surface area contributed by atoms with Gasteiger partial charge >= 0.3 is 0 Å². The number of primary amides is 1. The fraction of sp³-hybridized carbons (Fsp3) is 0.391. The van der Waals surface area contributed by atoms with Crippen LogP contribution in [0.2, 0.25) is 5.02 Å². The molecule has 0 aliphatic carbocycles. The van der Waals surface area contributed by atoms with E-state index in [1.807, 2.05) is 18.2 Å². The molecule has 0 atom stereocenters. The predicted molar refractivity (Wildman–Crippen MR) is 121 cm³/mol. The van der Waals surface area contributed by atoms with Gasteiger partial charge in [0.2, 0.25) is 0 Å². The highest BCUT2D eigenvalue weighted by atomic mass is 35.5. The van der Waals surface area contributed by atoms with Crippen LogP contribution in [0.1, 0.15) is 28.8 Å². The lowest BCUT2D eigenvalue weighted by molar-refractivity contribution is -0.119. The Balaban J connectivity index is 1.57. The van der Waals surface area contributed by atoms with Gasteiger partial charge in [0.25, 0.3) is 11.8 Å². The van der Waals surface area contributed by atoms with Gasteiger partial charge in [-0.05, 0) is 31.0 Å². The number of likely N-dealkylation sites (tertiary alicyclic amines) is 1. The zero-order valence-corrected chi connectivity index (χ0v) is 19.0. The molecule has 1 aliphatic rings. The molecule has 1 fully saturated rings. The van der Waals surface area contributed by atoms with Gasteiger partial charge in [0, 0.05) is 36.8 Å². The van der Waals surface area contributed by atoms with Crippen molar-refractivity contribution in [3.63, 3.8) is 0 Å². The molecule has 2 amide bonds. The van der Waals surface area contributed by atoms with Crippen LogP contribution in [0.15, 0.2) is 36.4 Å². The normalized spacial score (nSPS) is 14.6. The molecule has 2 aromatic rings. The number of methoxy groups -OCH3 is 2. The Hall–Kier alpha value is -2.97. The average molecular weight is 462 g/mol. The van der Waals surface area contributed by atoms with E-state index in [9.17, 15) is 9.59 Å². The van der Waals surface area contributed by atoms with Crippen molar-refractivity contribution >= 4 is 23.4 Å². The summed E-state index contributed by atoms with van der Waals surface area (Å²) in [5, 5.41) is 3.24. The van der Waals surface area contributed by atoms with Gasteiger partial charge in [0.1, 0.15) is 5.75 Å². The monoisotopic (exact) mass is 461 g/mol. The topological polar surface area (TPSA) is 103 Å². The molecule has 1 heterocycles. The largest absolute Gasteiger partial charge is 0.496 e. The van der Waals surface area contributed by atoms with Crippen LogP contribution in [0, 0.1) is 0 Å². The number of hydrogen-bond acceptors (Lipinski definition) is 6. The van der Waals surface area contributed by atoms with Crippen LogP contribution >= 0.6 is 11.6 Å². The standard InChI is InChI=1S/C23H28ClN3O5/c1-30-19-6-4-3-5-15(19)13-27-9-7-17(8-10-27)26-23(29)16-11-18(24)22(20(12-16)31-2)32-14-21(25)28/h3-6,11-12,17H,7-10,13-14H2,1-2H3,(H2,25,28)(H,26,29). The summed E-state index contributed by atoms with van der Waals surface area (Å²) in [6, 6.07) is 11.1. The van der Waals surface area contributed by atoms with Gasteiger partial charge in [-0.25, -0.2) is 0 Å². The maximum atomic E-state index is 12.8. The van der Waals surface area contributed by atoms with Crippen molar-refractivity contribution in [2.75, 3.05) is 33.9 Å². The lowest BCUT2D eigenvalue weighted by Crippen LogP contribution is -2.44. The number of amides is 2. The molecule has 0 bridgehead atoms. The van der Waals surface area contributed by atoms with E-state index in [2.05, 4.69) is 16.3 Å². The number of para-hydroxylation sites is 1. The minimum Gasteiger partial charge on any atom is -0.496 e. The molecule has 0 saturated carbocycles. The molecular formula is C23H28ClN3O5. The van der Waals surface area contributed by atoms with Crippen molar-refractivity contribution in [3.05, 3.63) is 52.5 Å². The summed E-state index contributed by atoms with van der Waals surface area (Å²) in [7, 11) is 3.11. The Bertz CT molecular complexity index is 961. The molecule has 1 saturated heterocycles. The Morgan fingerprint density at radius 1 is 1.12 bits per heavy atom. The second-order valence-electron chi connectivity index (χ2n) is 7.58. The van der Waals surface area contributed by atoms with Crippen molar-refractivity contribution in [3.8, 4) is 17.2 Å². The maximum Gasteiger partial charge on any atom is 0.255 e. The Morgan fingerprint density at radius 3 is 2.47 bits per heavy atom. The number of nitrogens with zero attached hydrogens (tertiary/aromatic N) is 1. The number of ether oxygens (including phenoxy) is 3. The van der Waals surface area contributed by atoms with E-state index < -0.39 is 5.91 Å². The van der Waals surface area contributed by atoms with Crippen LogP contribution in [0.5, 0.6) is 17.2 Å². The van der Waals surface area contributed by atoms with E-state index in [0.717, 1.165) is 43.8 Å². The molecule has 0 unspecified atom stereocenters. The van der Waals surface area contributed by atoms with E-state index in [1.165, 1.54) is 19.2 Å². The van der Waals surface area contributed by atoms with Gasteiger partial charge in [-0.1, -0.05) is 29.8 Å². The van der Waals surface area contributed by atoms with Gasteiger partial charge < -0.3 is 25.3 Å². The van der Waals surface area contributed by atoms with Gasteiger partial charge in [0.05, 0.1) is 19.2 Å².